The maximum Gasteiger partial charge on any atom is 0.0488 e. The molecule has 2 nitrogen and oxygen atoms in total. The van der Waals surface area contributed by atoms with Crippen LogP contribution in [0.3, 0.4) is 0 Å². The number of hydrogen-bond acceptors (Lipinski definition) is 2. The highest BCUT2D eigenvalue weighted by atomic mass is 16.5. The minimum absolute atomic E-state index is 0.575. The Hall–Kier alpha value is -0.0800. The van der Waals surface area contributed by atoms with Gasteiger partial charge in [-0.15, -0.1) is 0 Å². The molecule has 0 aromatic rings. The number of hydrogen-bond donors (Lipinski definition) is 1. The summed E-state index contributed by atoms with van der Waals surface area (Å²) in [4.78, 5) is 0. The molecule has 1 saturated carbocycles. The zero-order chi connectivity index (χ0) is 10.4. The van der Waals surface area contributed by atoms with E-state index in [1.807, 2.05) is 0 Å². The van der Waals surface area contributed by atoms with Crippen molar-refractivity contribution in [3.05, 3.63) is 0 Å². The van der Waals surface area contributed by atoms with E-state index in [0.717, 1.165) is 19.8 Å². The van der Waals surface area contributed by atoms with Gasteiger partial charge in [0.25, 0.3) is 0 Å². The van der Waals surface area contributed by atoms with Crippen LogP contribution in [0.5, 0.6) is 0 Å². The highest BCUT2D eigenvalue weighted by molar-refractivity contribution is 4.88. The summed E-state index contributed by atoms with van der Waals surface area (Å²) in [6.07, 6.45) is 5.42. The van der Waals surface area contributed by atoms with Crippen LogP contribution in [0.2, 0.25) is 0 Å². The van der Waals surface area contributed by atoms with E-state index < -0.39 is 0 Å². The Morgan fingerprint density at radius 2 is 2.07 bits per heavy atom. The number of ether oxygens (including phenoxy) is 1. The zero-order valence-electron chi connectivity index (χ0n) is 9.94. The van der Waals surface area contributed by atoms with Gasteiger partial charge >= 0.3 is 0 Å². The van der Waals surface area contributed by atoms with Crippen LogP contribution in [0.1, 0.15) is 39.5 Å². The van der Waals surface area contributed by atoms with E-state index >= 15 is 0 Å². The van der Waals surface area contributed by atoms with Gasteiger partial charge in [-0.3, -0.25) is 0 Å². The molecule has 0 spiro atoms. The van der Waals surface area contributed by atoms with E-state index in [4.69, 9.17) is 4.74 Å². The maximum absolute atomic E-state index is 5.65. The van der Waals surface area contributed by atoms with Crippen molar-refractivity contribution < 1.29 is 4.74 Å². The van der Waals surface area contributed by atoms with Gasteiger partial charge in [0.1, 0.15) is 0 Å². The maximum atomic E-state index is 5.65. The lowest BCUT2D eigenvalue weighted by Gasteiger charge is -2.42. The first-order valence-electron chi connectivity index (χ1n) is 5.91. The molecule has 0 amide bonds. The molecule has 0 radical (unpaired) electrons. The molecule has 0 bridgehead atoms. The first-order chi connectivity index (χ1) is 6.68. The van der Waals surface area contributed by atoms with Crippen LogP contribution in [0.25, 0.3) is 0 Å². The third-order valence-corrected chi connectivity index (χ3v) is 3.19. The van der Waals surface area contributed by atoms with Gasteiger partial charge in [0.15, 0.2) is 0 Å². The van der Waals surface area contributed by atoms with Crippen LogP contribution in [0, 0.1) is 11.3 Å². The Morgan fingerprint density at radius 1 is 1.36 bits per heavy atom. The largest absolute Gasteiger partial charge is 0.381 e. The summed E-state index contributed by atoms with van der Waals surface area (Å²) in [6, 6.07) is 0. The highest BCUT2D eigenvalue weighted by Gasteiger charge is 2.35. The molecule has 1 aliphatic carbocycles. The number of rotatable bonds is 7. The number of nitrogens with one attached hydrogen (secondary N) is 1. The average molecular weight is 199 g/mol. The van der Waals surface area contributed by atoms with Gasteiger partial charge in [-0.25, -0.2) is 0 Å². The molecule has 84 valence electrons. The molecule has 0 unspecified atom stereocenters. The smallest absolute Gasteiger partial charge is 0.0488 e. The van der Waals surface area contributed by atoms with Gasteiger partial charge in [0, 0.05) is 19.8 Å². The Balaban J connectivity index is 2.09. The predicted octanol–water partition coefficient (Wildman–Crippen LogP) is 2.44. The normalized spacial score (nSPS) is 19.7. The van der Waals surface area contributed by atoms with Gasteiger partial charge in [0.05, 0.1) is 0 Å². The Labute approximate surface area is 88.4 Å². The molecule has 0 aromatic heterocycles. The molecular formula is C12H25NO. The standard InChI is InChI=1S/C12H25NO/c1-11(2)9-14-8-7-12(10-13-3)5-4-6-12/h11,13H,4-10H2,1-3H3. The van der Waals surface area contributed by atoms with E-state index in [1.54, 1.807) is 0 Å². The van der Waals surface area contributed by atoms with Gasteiger partial charge in [-0.2, -0.15) is 0 Å². The quantitative estimate of drug-likeness (QED) is 0.636. The first kappa shape index (κ1) is 12.0. The first-order valence-corrected chi connectivity index (χ1v) is 5.91. The lowest BCUT2D eigenvalue weighted by Crippen LogP contribution is -2.39. The molecule has 0 aromatic carbocycles. The Bertz CT molecular complexity index is 152. The molecule has 2 heteroatoms. The summed E-state index contributed by atoms with van der Waals surface area (Å²) in [5.74, 6) is 0.664. The van der Waals surface area contributed by atoms with Gasteiger partial charge in [0.2, 0.25) is 0 Å². The lowest BCUT2D eigenvalue weighted by atomic mass is 9.67. The van der Waals surface area contributed by atoms with Crippen molar-refractivity contribution >= 4 is 0 Å². The van der Waals surface area contributed by atoms with E-state index in [0.29, 0.717) is 11.3 Å². The molecule has 0 aliphatic heterocycles. The van der Waals surface area contributed by atoms with Crippen LogP contribution >= 0.6 is 0 Å². The third-order valence-electron chi connectivity index (χ3n) is 3.19. The molecule has 1 aliphatic rings. The summed E-state index contributed by atoms with van der Waals surface area (Å²) < 4.78 is 5.65. The molecular weight excluding hydrogens is 174 g/mol. The van der Waals surface area contributed by atoms with Crippen LogP contribution < -0.4 is 5.32 Å². The second kappa shape index (κ2) is 5.72. The fourth-order valence-electron chi connectivity index (χ4n) is 2.17. The lowest BCUT2D eigenvalue weighted by molar-refractivity contribution is 0.0414. The zero-order valence-corrected chi connectivity index (χ0v) is 9.94. The third kappa shape index (κ3) is 3.58. The summed E-state index contributed by atoms with van der Waals surface area (Å²) in [5.41, 5.74) is 0.575. The fraction of sp³-hybridized carbons (Fsp3) is 1.00. The van der Waals surface area contributed by atoms with Crippen molar-refractivity contribution in [1.82, 2.24) is 5.32 Å². The fourth-order valence-corrected chi connectivity index (χ4v) is 2.17. The summed E-state index contributed by atoms with van der Waals surface area (Å²) in [5, 5.41) is 3.30. The van der Waals surface area contributed by atoms with Gasteiger partial charge in [-0.05, 0) is 37.6 Å². The summed E-state index contributed by atoms with van der Waals surface area (Å²) in [7, 11) is 2.05. The molecule has 1 N–H and O–H groups in total. The molecule has 1 fully saturated rings. The molecule has 0 saturated heterocycles. The molecule has 14 heavy (non-hydrogen) atoms. The van der Waals surface area contributed by atoms with Crippen LogP contribution in [-0.2, 0) is 4.74 Å². The van der Waals surface area contributed by atoms with Gasteiger partial charge in [-0.1, -0.05) is 20.3 Å². The molecule has 0 heterocycles. The minimum Gasteiger partial charge on any atom is -0.381 e. The van der Waals surface area contributed by atoms with Gasteiger partial charge < -0.3 is 10.1 Å². The van der Waals surface area contributed by atoms with E-state index in [1.165, 1.54) is 25.7 Å². The average Bonchev–Trinajstić information content (AvgIpc) is 2.07. The van der Waals surface area contributed by atoms with E-state index in [9.17, 15) is 0 Å². The SMILES string of the molecule is CNCC1(CCOCC(C)C)CCC1. The van der Waals surface area contributed by atoms with E-state index in [2.05, 4.69) is 26.2 Å². The Morgan fingerprint density at radius 3 is 2.50 bits per heavy atom. The second-order valence-electron chi connectivity index (χ2n) is 5.10. The van der Waals surface area contributed by atoms with Crippen molar-refractivity contribution in [2.24, 2.45) is 11.3 Å². The van der Waals surface area contributed by atoms with Crippen molar-refractivity contribution in [1.29, 1.82) is 0 Å². The Kier molecular flexibility index (Phi) is 4.90. The predicted molar refractivity (Wildman–Crippen MR) is 60.5 cm³/mol. The topological polar surface area (TPSA) is 21.3 Å². The molecule has 0 atom stereocenters. The second-order valence-corrected chi connectivity index (χ2v) is 5.10. The van der Waals surface area contributed by atoms with Crippen molar-refractivity contribution in [3.8, 4) is 0 Å². The monoisotopic (exact) mass is 199 g/mol. The summed E-state index contributed by atoms with van der Waals surface area (Å²) in [6.45, 7) is 7.42. The van der Waals surface area contributed by atoms with Crippen molar-refractivity contribution in [2.45, 2.75) is 39.5 Å². The minimum atomic E-state index is 0.575. The van der Waals surface area contributed by atoms with Crippen molar-refractivity contribution in [3.63, 3.8) is 0 Å². The molecule has 1 rings (SSSR count). The van der Waals surface area contributed by atoms with Crippen LogP contribution in [0.15, 0.2) is 0 Å². The highest BCUT2D eigenvalue weighted by Crippen LogP contribution is 2.43. The van der Waals surface area contributed by atoms with E-state index in [-0.39, 0.29) is 0 Å². The van der Waals surface area contributed by atoms with Crippen LogP contribution in [0.4, 0.5) is 0 Å². The van der Waals surface area contributed by atoms with Crippen LogP contribution in [-0.4, -0.2) is 26.8 Å². The van der Waals surface area contributed by atoms with Crippen molar-refractivity contribution in [2.75, 3.05) is 26.8 Å². The summed E-state index contributed by atoms with van der Waals surface area (Å²) >= 11 is 0.